The van der Waals surface area contributed by atoms with Crippen LogP contribution >= 0.6 is 0 Å². The Morgan fingerprint density at radius 2 is 1.88 bits per heavy atom. The number of hydrogen-bond donors (Lipinski definition) is 2. The lowest BCUT2D eigenvalue weighted by Crippen LogP contribution is -2.27. The molecular formula is C19H16N4O3. The Balaban J connectivity index is 1.45. The van der Waals surface area contributed by atoms with Crippen LogP contribution in [0.4, 0.5) is 16.2 Å². The number of carbonyl (C=O) groups excluding carboxylic acids is 2. The van der Waals surface area contributed by atoms with Gasteiger partial charge in [-0.1, -0.05) is 35.5 Å². The highest BCUT2D eigenvalue weighted by Gasteiger charge is 2.21. The van der Waals surface area contributed by atoms with Crippen molar-refractivity contribution in [3.05, 3.63) is 66.4 Å². The number of nitrogens with zero attached hydrogens (tertiary/aromatic N) is 2. The van der Waals surface area contributed by atoms with Crippen LogP contribution in [-0.2, 0) is 0 Å². The lowest BCUT2D eigenvalue weighted by molar-refractivity contribution is 0.101. The maximum absolute atomic E-state index is 12.3. The third-order valence-corrected chi connectivity index (χ3v) is 4.09. The van der Waals surface area contributed by atoms with Crippen molar-refractivity contribution in [3.63, 3.8) is 0 Å². The van der Waals surface area contributed by atoms with Gasteiger partial charge in [-0.15, -0.1) is 0 Å². The van der Waals surface area contributed by atoms with Crippen LogP contribution in [0, 0.1) is 0 Å². The largest absolute Gasteiger partial charge is 0.355 e. The SMILES string of the molecule is O=C(Nc1ccc(N2CCNC2=O)cc1)c1cc(-c2ccccc2)on1. The van der Waals surface area contributed by atoms with E-state index >= 15 is 0 Å². The third kappa shape index (κ3) is 3.14. The second-order valence-corrected chi connectivity index (χ2v) is 5.83. The van der Waals surface area contributed by atoms with Gasteiger partial charge in [0.25, 0.3) is 5.91 Å². The maximum atomic E-state index is 12.3. The molecule has 2 heterocycles. The van der Waals surface area contributed by atoms with Gasteiger partial charge in [0, 0.05) is 36.1 Å². The van der Waals surface area contributed by atoms with Gasteiger partial charge in [-0.05, 0) is 24.3 Å². The molecule has 0 spiro atoms. The van der Waals surface area contributed by atoms with E-state index in [0.29, 0.717) is 24.5 Å². The van der Waals surface area contributed by atoms with Gasteiger partial charge in [-0.3, -0.25) is 9.69 Å². The monoisotopic (exact) mass is 348 g/mol. The third-order valence-electron chi connectivity index (χ3n) is 4.09. The highest BCUT2D eigenvalue weighted by Crippen LogP contribution is 2.22. The molecule has 7 nitrogen and oxygen atoms in total. The summed E-state index contributed by atoms with van der Waals surface area (Å²) in [5.74, 6) is 0.175. The van der Waals surface area contributed by atoms with Gasteiger partial charge in [0.15, 0.2) is 11.5 Å². The van der Waals surface area contributed by atoms with Gasteiger partial charge in [-0.25, -0.2) is 4.79 Å². The van der Waals surface area contributed by atoms with Crippen LogP contribution in [0.1, 0.15) is 10.5 Å². The van der Waals surface area contributed by atoms with Gasteiger partial charge in [0.1, 0.15) is 0 Å². The van der Waals surface area contributed by atoms with Crippen LogP contribution < -0.4 is 15.5 Å². The molecule has 3 aromatic rings. The number of anilines is 2. The van der Waals surface area contributed by atoms with E-state index in [-0.39, 0.29) is 17.6 Å². The average Bonchev–Trinajstić information content (AvgIpc) is 3.32. The minimum Gasteiger partial charge on any atom is -0.355 e. The van der Waals surface area contributed by atoms with E-state index in [2.05, 4.69) is 15.8 Å². The van der Waals surface area contributed by atoms with Crippen molar-refractivity contribution in [2.75, 3.05) is 23.3 Å². The lowest BCUT2D eigenvalue weighted by atomic mass is 10.1. The normalized spacial score (nSPS) is 13.5. The zero-order valence-electron chi connectivity index (χ0n) is 13.8. The molecule has 0 unspecified atom stereocenters. The fraction of sp³-hybridized carbons (Fsp3) is 0.105. The molecule has 2 aromatic carbocycles. The first-order valence-electron chi connectivity index (χ1n) is 8.19. The first-order valence-corrected chi connectivity index (χ1v) is 8.19. The number of aromatic nitrogens is 1. The zero-order chi connectivity index (χ0) is 17.9. The first kappa shape index (κ1) is 15.9. The Hall–Kier alpha value is -3.61. The molecule has 130 valence electrons. The molecule has 4 rings (SSSR count). The molecule has 26 heavy (non-hydrogen) atoms. The molecule has 1 aromatic heterocycles. The van der Waals surface area contributed by atoms with E-state index in [9.17, 15) is 9.59 Å². The minimum absolute atomic E-state index is 0.113. The average molecular weight is 348 g/mol. The van der Waals surface area contributed by atoms with Crippen LogP contribution in [0.3, 0.4) is 0 Å². The van der Waals surface area contributed by atoms with Crippen molar-refractivity contribution in [1.29, 1.82) is 0 Å². The Labute approximate surface area is 149 Å². The van der Waals surface area contributed by atoms with Crippen LogP contribution in [0.2, 0.25) is 0 Å². The predicted octanol–water partition coefficient (Wildman–Crippen LogP) is 3.12. The Bertz CT molecular complexity index is 935. The second-order valence-electron chi connectivity index (χ2n) is 5.83. The van der Waals surface area contributed by atoms with E-state index in [4.69, 9.17) is 4.52 Å². The predicted molar refractivity (Wildman–Crippen MR) is 97.1 cm³/mol. The number of rotatable bonds is 4. The van der Waals surface area contributed by atoms with Crippen LogP contribution in [0.15, 0.2) is 65.2 Å². The summed E-state index contributed by atoms with van der Waals surface area (Å²) in [6, 6.07) is 18.0. The summed E-state index contributed by atoms with van der Waals surface area (Å²) in [4.78, 5) is 25.7. The minimum atomic E-state index is -0.359. The number of benzene rings is 2. The van der Waals surface area contributed by atoms with Gasteiger partial charge >= 0.3 is 6.03 Å². The number of amides is 3. The molecule has 0 saturated carbocycles. The number of carbonyl (C=O) groups is 2. The van der Waals surface area contributed by atoms with Crippen molar-refractivity contribution < 1.29 is 14.1 Å². The molecule has 1 aliphatic rings. The molecule has 1 fully saturated rings. The van der Waals surface area contributed by atoms with Gasteiger partial charge < -0.3 is 15.2 Å². The molecule has 2 N–H and O–H groups in total. The van der Waals surface area contributed by atoms with E-state index in [0.717, 1.165) is 11.3 Å². The summed E-state index contributed by atoms with van der Waals surface area (Å²) in [6.07, 6.45) is 0. The van der Waals surface area contributed by atoms with Crippen molar-refractivity contribution in [3.8, 4) is 11.3 Å². The Morgan fingerprint density at radius 1 is 1.12 bits per heavy atom. The lowest BCUT2D eigenvalue weighted by Gasteiger charge is -2.14. The fourth-order valence-corrected chi connectivity index (χ4v) is 2.76. The summed E-state index contributed by atoms with van der Waals surface area (Å²) in [5, 5.41) is 9.35. The van der Waals surface area contributed by atoms with Crippen molar-refractivity contribution in [2.45, 2.75) is 0 Å². The van der Waals surface area contributed by atoms with Crippen molar-refractivity contribution in [2.24, 2.45) is 0 Å². The Kier molecular flexibility index (Phi) is 4.10. The summed E-state index contributed by atoms with van der Waals surface area (Å²) < 4.78 is 5.25. The van der Waals surface area contributed by atoms with Crippen molar-refractivity contribution >= 4 is 23.3 Å². The molecular weight excluding hydrogens is 332 g/mol. The van der Waals surface area contributed by atoms with E-state index in [1.807, 2.05) is 30.3 Å². The molecule has 1 saturated heterocycles. The molecule has 7 heteroatoms. The molecule has 1 aliphatic heterocycles. The standard InChI is InChI=1S/C19H16N4O3/c24-18(16-12-17(26-22-16)13-4-2-1-3-5-13)21-14-6-8-15(9-7-14)23-11-10-20-19(23)25/h1-9,12H,10-11H2,(H,20,25)(H,21,24). The highest BCUT2D eigenvalue weighted by atomic mass is 16.5. The van der Waals surface area contributed by atoms with Gasteiger partial charge in [-0.2, -0.15) is 0 Å². The second kappa shape index (κ2) is 6.72. The van der Waals surface area contributed by atoms with Gasteiger partial charge in [0.2, 0.25) is 0 Å². The zero-order valence-corrected chi connectivity index (χ0v) is 13.8. The number of urea groups is 1. The fourth-order valence-electron chi connectivity index (χ4n) is 2.76. The van der Waals surface area contributed by atoms with Crippen LogP contribution in [0.25, 0.3) is 11.3 Å². The Morgan fingerprint density at radius 3 is 2.58 bits per heavy atom. The molecule has 0 bridgehead atoms. The smallest absolute Gasteiger partial charge is 0.321 e. The summed E-state index contributed by atoms with van der Waals surface area (Å²) in [6.45, 7) is 1.26. The van der Waals surface area contributed by atoms with Gasteiger partial charge in [0.05, 0.1) is 0 Å². The van der Waals surface area contributed by atoms with E-state index < -0.39 is 0 Å². The van der Waals surface area contributed by atoms with E-state index in [1.54, 1.807) is 35.2 Å². The maximum Gasteiger partial charge on any atom is 0.321 e. The van der Waals surface area contributed by atoms with Crippen LogP contribution in [-0.4, -0.2) is 30.2 Å². The highest BCUT2D eigenvalue weighted by molar-refractivity contribution is 6.03. The first-order chi connectivity index (χ1) is 12.7. The van der Waals surface area contributed by atoms with Crippen molar-refractivity contribution in [1.82, 2.24) is 10.5 Å². The summed E-state index contributed by atoms with van der Waals surface area (Å²) in [7, 11) is 0. The molecule has 0 radical (unpaired) electrons. The van der Waals surface area contributed by atoms with E-state index in [1.165, 1.54) is 0 Å². The summed E-state index contributed by atoms with van der Waals surface area (Å²) in [5.41, 5.74) is 2.45. The number of hydrogen-bond acceptors (Lipinski definition) is 4. The molecule has 0 atom stereocenters. The van der Waals surface area contributed by atoms with Crippen LogP contribution in [0.5, 0.6) is 0 Å². The molecule has 3 amide bonds. The topological polar surface area (TPSA) is 87.5 Å². The molecule has 0 aliphatic carbocycles. The quantitative estimate of drug-likeness (QED) is 0.758. The number of nitrogens with one attached hydrogen (secondary N) is 2. The summed E-state index contributed by atoms with van der Waals surface area (Å²) >= 11 is 0.